The van der Waals surface area contributed by atoms with E-state index in [9.17, 15) is 33.9 Å². The second-order valence-corrected chi connectivity index (χ2v) is 31.0. The molecule has 0 saturated carbocycles. The largest absolute Gasteiger partial charge is 0.857 e. The van der Waals surface area contributed by atoms with E-state index in [2.05, 4.69) is 176 Å². The fourth-order valence-electron chi connectivity index (χ4n) is 19.7. The van der Waals surface area contributed by atoms with Crippen molar-refractivity contribution in [2.45, 2.75) is 116 Å². The monoisotopic (exact) mass is 1550 g/mol. The summed E-state index contributed by atoms with van der Waals surface area (Å²) in [6.07, 6.45) is 17.8. The van der Waals surface area contributed by atoms with Gasteiger partial charge in [-0.15, -0.1) is 0 Å². The first kappa shape index (κ1) is 77.8. The Bertz CT molecular complexity index is 5210. The molecule has 6 aromatic heterocycles. The number of aliphatic carboxylic acids is 2. The quantitative estimate of drug-likeness (QED) is 0.0448. The van der Waals surface area contributed by atoms with E-state index in [1.165, 1.54) is 106 Å². The number of carboxylic acid groups (broad SMARTS) is 2. The lowest BCUT2D eigenvalue weighted by Crippen LogP contribution is -2.53. The van der Waals surface area contributed by atoms with Gasteiger partial charge in [0.1, 0.15) is 23.2 Å². The normalized spacial score (nSPS) is 25.9. The second-order valence-electron chi connectivity index (χ2n) is 31.0. The molecule has 0 radical (unpaired) electrons. The molecule has 10 unspecified atom stereocenters. The number of hydrogen-bond donors (Lipinski definition) is 5. The maximum atomic E-state index is 12.3. The SMILES string of the molecule is COC(=O)C1=COC(C)C2CN3CCc4c([nH]c5ccccc45)C3C[C@H]12.COC(=O)C1=COC(C)C2CN3CCc4c([nH]c5ccccc45)C3C[C@H]12.COC(=O)C1=COC(C)C2C[n+]3ccc4c([nH]c5ccccc54)c3C[C@H]12.COC(=O)C1=COC(C)C2C[n+]3ccc4c([nH]c5ccccc54)c3C[C@H]12.C[O-].O=C([O-])/C=C\C(=O)O. The molecule has 2 saturated heterocycles. The summed E-state index contributed by atoms with van der Waals surface area (Å²) in [7, 11) is 6.50. The summed E-state index contributed by atoms with van der Waals surface area (Å²) in [5.41, 5.74) is 17.8. The average molecular weight is 1550 g/mol. The van der Waals surface area contributed by atoms with Gasteiger partial charge in [0.05, 0.1) is 118 Å². The number of pyridine rings is 2. The third-order valence-corrected chi connectivity index (χ3v) is 25.4. The average Bonchev–Trinajstić information content (AvgIpc) is 1.50. The molecule has 10 aromatic rings. The second kappa shape index (κ2) is 32.9. The van der Waals surface area contributed by atoms with Gasteiger partial charge in [-0.05, 0) is 94.8 Å². The number of H-pyrrole nitrogens is 4. The molecule has 0 aliphatic carbocycles. The van der Waals surface area contributed by atoms with E-state index in [0.717, 1.165) is 107 Å². The lowest BCUT2D eigenvalue weighted by atomic mass is 9.72. The molecule has 16 heterocycles. The molecule has 2 fully saturated rings. The fraction of sp³-hybridized carbons (Fsp3) is 0.393. The van der Waals surface area contributed by atoms with Crippen molar-refractivity contribution in [3.63, 3.8) is 0 Å². The first-order valence-electron chi connectivity index (χ1n) is 39.1. The minimum Gasteiger partial charge on any atom is -0.857 e. The number of benzene rings is 4. The zero-order chi connectivity index (χ0) is 79.9. The van der Waals surface area contributed by atoms with Gasteiger partial charge in [0.15, 0.2) is 25.5 Å². The Morgan fingerprint density at radius 3 is 1.12 bits per heavy atom. The van der Waals surface area contributed by atoms with Gasteiger partial charge >= 0.3 is 29.8 Å². The Morgan fingerprint density at radius 1 is 0.447 bits per heavy atom. The van der Waals surface area contributed by atoms with Crippen molar-refractivity contribution in [1.82, 2.24) is 29.7 Å². The van der Waals surface area contributed by atoms with Crippen molar-refractivity contribution in [2.24, 2.45) is 47.3 Å². The predicted octanol–water partition coefficient (Wildman–Crippen LogP) is 9.46. The molecule has 20 rings (SSSR count). The summed E-state index contributed by atoms with van der Waals surface area (Å²) in [5.74, 6) is -2.12. The fourth-order valence-corrected chi connectivity index (χ4v) is 19.7. The topological polar surface area (TPSA) is 320 Å². The predicted molar refractivity (Wildman–Crippen MR) is 419 cm³/mol. The van der Waals surface area contributed by atoms with Crippen LogP contribution in [0.25, 0.3) is 65.4 Å². The van der Waals surface area contributed by atoms with Gasteiger partial charge in [0.2, 0.25) is 11.4 Å². The number of esters is 4. The van der Waals surface area contributed by atoms with E-state index in [-0.39, 0.29) is 83.8 Å². The molecule has 10 aliphatic rings. The van der Waals surface area contributed by atoms with Crippen LogP contribution < -0.4 is 19.3 Å². The Hall–Kier alpha value is -11.5. The van der Waals surface area contributed by atoms with Crippen LogP contribution in [0.15, 0.2) is 181 Å². The molecule has 0 amide bonds. The van der Waals surface area contributed by atoms with Crippen LogP contribution >= 0.6 is 0 Å². The Morgan fingerprint density at radius 2 is 0.781 bits per heavy atom. The van der Waals surface area contributed by atoms with Crippen LogP contribution in [0, 0.1) is 47.3 Å². The van der Waals surface area contributed by atoms with Crippen LogP contribution in [-0.4, -0.2) is 157 Å². The molecular formula is C89H96N8O17. The number of nitrogens with one attached hydrogen (secondary N) is 4. The first-order valence-corrected chi connectivity index (χ1v) is 39.1. The number of aromatic amines is 4. The van der Waals surface area contributed by atoms with Crippen molar-refractivity contribution in [2.75, 3.05) is 61.7 Å². The Labute approximate surface area is 658 Å². The van der Waals surface area contributed by atoms with Gasteiger partial charge in [-0.2, -0.15) is 7.11 Å². The number of para-hydroxylation sites is 4. The lowest BCUT2D eigenvalue weighted by molar-refractivity contribution is -0.718. The smallest absolute Gasteiger partial charge is 0.337 e. The van der Waals surface area contributed by atoms with Crippen LogP contribution in [0.5, 0.6) is 0 Å². The molecule has 25 heteroatoms. The highest BCUT2D eigenvalue weighted by Crippen LogP contribution is 2.51. The van der Waals surface area contributed by atoms with Gasteiger partial charge < -0.3 is 77.9 Å². The number of hydrogen-bond acceptors (Lipinski definition) is 18. The number of ether oxygens (including phenoxy) is 8. The zero-order valence-corrected chi connectivity index (χ0v) is 65.3. The Kier molecular flexibility index (Phi) is 22.4. The third kappa shape index (κ3) is 14.5. The van der Waals surface area contributed by atoms with Gasteiger partial charge in [-0.3, -0.25) is 9.80 Å². The van der Waals surface area contributed by atoms with E-state index in [4.69, 9.17) is 48.1 Å². The van der Waals surface area contributed by atoms with Crippen molar-refractivity contribution >= 4 is 101 Å². The van der Waals surface area contributed by atoms with Crippen LogP contribution in [0.2, 0.25) is 0 Å². The number of carbonyl (C=O) groups is 6. The number of rotatable bonds is 6. The summed E-state index contributed by atoms with van der Waals surface area (Å²) in [6, 6.07) is 38.9. The maximum absolute atomic E-state index is 12.3. The standard InChI is InChI=1S/2C21H24N2O3.2C21H20N2O3.C4H4O4.CH3O/c4*1-12-16-10-23-8-7-14-13-5-3-4-6-18(13)22-20(14)19(23)9-15(16)17(11-26-12)21(24)25-2;5-3(6)1-2-4(7)8;1-2/h2*3-6,11-12,15-16,19,22H,7-10H2,1-2H3;2*3-8,11-12,15-16H,9-10H2,1-2H3;1-2H,(H,5,6)(H,7,8);1H3/q;;;;;-1/p+1/b;;;;2-1-;/t2*12?,15-,16?,19?;2*12?,15-,16?;;/m0000../s1. The minimum atomic E-state index is -1.51. The summed E-state index contributed by atoms with van der Waals surface area (Å²) >= 11 is 0. The Balaban J connectivity index is 0.000000115. The maximum Gasteiger partial charge on any atom is 0.337 e. The van der Waals surface area contributed by atoms with Gasteiger partial charge in [-0.1, -0.05) is 72.8 Å². The number of piperidine rings is 2. The summed E-state index contributed by atoms with van der Waals surface area (Å²) in [4.78, 5) is 87.7. The van der Waals surface area contributed by atoms with Crippen LogP contribution in [0.1, 0.15) is 86.5 Å². The molecule has 14 atom stereocenters. The summed E-state index contributed by atoms with van der Waals surface area (Å²) in [5, 5.41) is 33.1. The number of methoxy groups -OCH3 is 4. The van der Waals surface area contributed by atoms with Crippen LogP contribution in [0.4, 0.5) is 0 Å². The van der Waals surface area contributed by atoms with E-state index in [1.54, 1.807) is 25.0 Å². The number of carbonyl (C=O) groups excluding carboxylic acids is 5. The summed E-state index contributed by atoms with van der Waals surface area (Å²) in [6.45, 7) is 14.1. The number of nitrogens with zero attached hydrogens (tertiary/aromatic N) is 4. The number of carboxylic acids is 2. The summed E-state index contributed by atoms with van der Waals surface area (Å²) < 4.78 is 47.7. The van der Waals surface area contributed by atoms with Gasteiger partial charge in [0.25, 0.3) is 0 Å². The number of fused-ring (bicyclic) bond motifs is 24. The van der Waals surface area contributed by atoms with E-state index in [0.29, 0.717) is 58.4 Å². The zero-order valence-electron chi connectivity index (χ0n) is 65.3. The van der Waals surface area contributed by atoms with Crippen LogP contribution in [0.3, 0.4) is 0 Å². The molecule has 0 bridgehead atoms. The van der Waals surface area contributed by atoms with Crippen molar-refractivity contribution in [3.8, 4) is 0 Å². The molecular weight excluding hydrogens is 1450 g/mol. The highest BCUT2D eigenvalue weighted by atomic mass is 16.5. The van der Waals surface area contributed by atoms with Gasteiger partial charge in [-0.25, -0.2) is 33.1 Å². The first-order chi connectivity index (χ1) is 55.3. The van der Waals surface area contributed by atoms with Gasteiger partial charge in [0, 0.05) is 159 Å². The van der Waals surface area contributed by atoms with Crippen molar-refractivity contribution < 1.29 is 91.1 Å². The molecule has 4 aromatic carbocycles. The number of aromatic nitrogens is 6. The lowest BCUT2D eigenvalue weighted by Gasteiger charge is -2.49. The highest BCUT2D eigenvalue weighted by molar-refractivity contribution is 6.08. The van der Waals surface area contributed by atoms with E-state index >= 15 is 0 Å². The molecule has 5 N–H and O–H groups in total. The van der Waals surface area contributed by atoms with E-state index in [1.807, 2.05) is 12.1 Å². The highest BCUT2D eigenvalue weighted by Gasteiger charge is 2.51. The van der Waals surface area contributed by atoms with E-state index < -0.39 is 11.9 Å². The van der Waals surface area contributed by atoms with Crippen molar-refractivity contribution in [3.05, 3.63) is 215 Å². The molecule has 10 aliphatic heterocycles. The molecule has 114 heavy (non-hydrogen) atoms. The minimum absolute atomic E-state index is 0.0764. The van der Waals surface area contributed by atoms with Crippen molar-refractivity contribution in [1.29, 1.82) is 0 Å². The molecule has 25 nitrogen and oxygen atoms in total. The molecule has 0 spiro atoms. The molecule has 594 valence electrons. The van der Waals surface area contributed by atoms with Crippen LogP contribution in [-0.2, 0) is 105 Å². The third-order valence-electron chi connectivity index (χ3n) is 25.4.